The molecular formula is C26H27N4O7P. The molecule has 198 valence electrons. The van der Waals surface area contributed by atoms with Crippen molar-refractivity contribution in [3.63, 3.8) is 0 Å². The van der Waals surface area contributed by atoms with Crippen LogP contribution in [0.1, 0.15) is 36.3 Å². The molecule has 7 atom stereocenters. The number of aromatic nitrogens is 3. The quantitative estimate of drug-likeness (QED) is 0.321. The number of nitrogens with zero attached hydrogens (tertiary/aromatic N) is 3. The molecule has 4 heterocycles. The maximum atomic E-state index is 13.8. The minimum Gasteiger partial charge on any atom is -0.385 e. The molecule has 4 aromatic rings. The lowest BCUT2D eigenvalue weighted by Crippen LogP contribution is -2.44. The van der Waals surface area contributed by atoms with E-state index in [4.69, 9.17) is 24.0 Å². The fourth-order valence-corrected chi connectivity index (χ4v) is 6.44. The molecule has 0 radical (unpaired) electrons. The van der Waals surface area contributed by atoms with Crippen LogP contribution in [0.2, 0.25) is 0 Å². The lowest BCUT2D eigenvalue weighted by atomic mass is 9.90. The molecule has 0 saturated carbocycles. The standard InChI is InChI=1S/C26H27N4O7P/c1-26(32)21(31)24(35-25(26)30-13-12-18-22(27)28-15-29-23(18)30)37-38(33)34-14-19(16-8-4-2-5-9-16)20(36-38)17-10-6-3-7-11-17/h2-13,15,19-21,24-25,31-32H,14H2,1H3,(H2,27,28,29)/t19-,20+,21+,24?,25+,26+,38?/m0/s1. The monoisotopic (exact) mass is 538 g/mol. The van der Waals surface area contributed by atoms with Crippen LogP contribution in [-0.4, -0.2) is 49.4 Å². The predicted octanol–water partition coefficient (Wildman–Crippen LogP) is 3.68. The molecule has 11 nitrogen and oxygen atoms in total. The van der Waals surface area contributed by atoms with Gasteiger partial charge in [0.2, 0.25) is 6.29 Å². The van der Waals surface area contributed by atoms with Crippen molar-refractivity contribution in [1.82, 2.24) is 14.5 Å². The highest BCUT2D eigenvalue weighted by molar-refractivity contribution is 7.48. The van der Waals surface area contributed by atoms with Crippen molar-refractivity contribution in [2.75, 3.05) is 12.3 Å². The molecule has 6 rings (SSSR count). The topological polar surface area (TPSA) is 151 Å². The van der Waals surface area contributed by atoms with E-state index < -0.39 is 38.1 Å². The van der Waals surface area contributed by atoms with Crippen molar-refractivity contribution in [2.24, 2.45) is 0 Å². The van der Waals surface area contributed by atoms with Gasteiger partial charge < -0.3 is 25.3 Å². The van der Waals surface area contributed by atoms with Gasteiger partial charge in [-0.3, -0.25) is 13.6 Å². The Bertz CT molecular complexity index is 1480. The molecule has 0 amide bonds. The molecule has 2 fully saturated rings. The molecule has 2 aliphatic rings. The van der Waals surface area contributed by atoms with Gasteiger partial charge in [-0.2, -0.15) is 0 Å². The van der Waals surface area contributed by atoms with Gasteiger partial charge in [-0.05, 0) is 24.1 Å². The van der Waals surface area contributed by atoms with Crippen molar-refractivity contribution in [2.45, 2.75) is 43.2 Å². The van der Waals surface area contributed by atoms with Crippen LogP contribution in [0.4, 0.5) is 5.82 Å². The number of hydrogen-bond donors (Lipinski definition) is 3. The van der Waals surface area contributed by atoms with Crippen molar-refractivity contribution in [3.05, 3.63) is 90.4 Å². The van der Waals surface area contributed by atoms with Gasteiger partial charge >= 0.3 is 7.82 Å². The van der Waals surface area contributed by atoms with Gasteiger partial charge in [0.15, 0.2) is 6.23 Å². The molecule has 2 aliphatic heterocycles. The Labute approximate surface area is 218 Å². The second-order valence-electron chi connectivity index (χ2n) is 9.55. The largest absolute Gasteiger partial charge is 0.477 e. The summed E-state index contributed by atoms with van der Waals surface area (Å²) in [4.78, 5) is 8.19. The number of nitrogen functional groups attached to an aromatic ring is 1. The van der Waals surface area contributed by atoms with Crippen molar-refractivity contribution in [3.8, 4) is 0 Å². The summed E-state index contributed by atoms with van der Waals surface area (Å²) in [6.45, 7) is 1.43. The number of phosphoric ester groups is 1. The molecule has 38 heavy (non-hydrogen) atoms. The summed E-state index contributed by atoms with van der Waals surface area (Å²) in [5.74, 6) is -0.000892. The summed E-state index contributed by atoms with van der Waals surface area (Å²) < 4.78 is 38.6. The fourth-order valence-electron chi connectivity index (χ4n) is 4.96. The second-order valence-corrected chi connectivity index (χ2v) is 11.1. The van der Waals surface area contributed by atoms with Gasteiger partial charge in [0.25, 0.3) is 0 Å². The zero-order chi connectivity index (χ0) is 26.5. The molecule has 0 aliphatic carbocycles. The smallest absolute Gasteiger partial charge is 0.385 e. The summed E-state index contributed by atoms with van der Waals surface area (Å²) in [7, 11) is -4.25. The number of aliphatic hydroxyl groups excluding tert-OH is 1. The van der Waals surface area contributed by atoms with Crippen LogP contribution in [0.25, 0.3) is 11.0 Å². The number of rotatable bonds is 5. The molecule has 2 saturated heterocycles. The molecule has 2 unspecified atom stereocenters. The molecule has 12 heteroatoms. The first-order valence-corrected chi connectivity index (χ1v) is 13.6. The van der Waals surface area contributed by atoms with Crippen LogP contribution >= 0.6 is 7.82 Å². The first kappa shape index (κ1) is 25.1. The van der Waals surface area contributed by atoms with E-state index in [0.717, 1.165) is 11.1 Å². The highest BCUT2D eigenvalue weighted by Crippen LogP contribution is 2.62. The van der Waals surface area contributed by atoms with Gasteiger partial charge in [0, 0.05) is 12.1 Å². The molecule has 4 N–H and O–H groups in total. The van der Waals surface area contributed by atoms with Crippen molar-refractivity contribution in [1.29, 1.82) is 0 Å². The number of phosphoric acid groups is 1. The number of hydrogen-bond acceptors (Lipinski definition) is 10. The minimum atomic E-state index is -4.25. The van der Waals surface area contributed by atoms with E-state index in [0.29, 0.717) is 11.0 Å². The van der Waals surface area contributed by atoms with E-state index in [1.54, 1.807) is 12.3 Å². The minimum absolute atomic E-state index is 0.0436. The van der Waals surface area contributed by atoms with Crippen LogP contribution < -0.4 is 5.73 Å². The third-order valence-corrected chi connectivity index (χ3v) is 8.44. The van der Waals surface area contributed by atoms with Gasteiger partial charge in [-0.25, -0.2) is 14.5 Å². The fraction of sp³-hybridized carbons (Fsp3) is 0.308. The third kappa shape index (κ3) is 4.32. The van der Waals surface area contributed by atoms with Crippen molar-refractivity contribution < 1.29 is 33.1 Å². The Morgan fingerprint density at radius 2 is 1.76 bits per heavy atom. The van der Waals surface area contributed by atoms with Crippen LogP contribution in [0.5, 0.6) is 0 Å². The highest BCUT2D eigenvalue weighted by atomic mass is 31.2. The van der Waals surface area contributed by atoms with E-state index in [1.807, 2.05) is 60.7 Å². The molecule has 0 spiro atoms. The number of benzene rings is 2. The molecule has 0 bridgehead atoms. The van der Waals surface area contributed by atoms with E-state index in [9.17, 15) is 14.8 Å². The summed E-state index contributed by atoms with van der Waals surface area (Å²) in [5.41, 5.74) is 6.22. The average Bonchev–Trinajstić information content (AvgIpc) is 3.44. The summed E-state index contributed by atoms with van der Waals surface area (Å²) in [5, 5.41) is 22.7. The first-order valence-electron chi connectivity index (χ1n) is 12.1. The summed E-state index contributed by atoms with van der Waals surface area (Å²) in [6.07, 6.45) is -2.02. The zero-order valence-electron chi connectivity index (χ0n) is 20.4. The highest BCUT2D eigenvalue weighted by Gasteiger charge is 2.57. The number of fused-ring (bicyclic) bond motifs is 1. The number of aliphatic hydroxyl groups is 2. The molecule has 2 aromatic heterocycles. The lowest BCUT2D eigenvalue weighted by Gasteiger charge is -2.36. The van der Waals surface area contributed by atoms with E-state index in [2.05, 4.69) is 9.97 Å². The number of ether oxygens (including phenoxy) is 1. The maximum Gasteiger partial charge on any atom is 0.477 e. The number of nitrogens with two attached hydrogens (primary N) is 1. The second kappa shape index (κ2) is 9.55. The number of anilines is 1. The Hall–Kier alpha value is -3.15. The van der Waals surface area contributed by atoms with Gasteiger partial charge in [0.05, 0.1) is 12.0 Å². The van der Waals surface area contributed by atoms with Crippen LogP contribution in [0, 0.1) is 0 Å². The van der Waals surface area contributed by atoms with Gasteiger partial charge in [-0.15, -0.1) is 0 Å². The van der Waals surface area contributed by atoms with E-state index in [1.165, 1.54) is 17.8 Å². The summed E-state index contributed by atoms with van der Waals surface area (Å²) in [6, 6.07) is 20.7. The Morgan fingerprint density at radius 1 is 1.08 bits per heavy atom. The predicted molar refractivity (Wildman–Crippen MR) is 137 cm³/mol. The molecule has 2 aromatic carbocycles. The first-order chi connectivity index (χ1) is 18.3. The molecular weight excluding hydrogens is 511 g/mol. The van der Waals surface area contributed by atoms with E-state index in [-0.39, 0.29) is 18.3 Å². The third-order valence-electron chi connectivity index (χ3n) is 7.02. The SMILES string of the molecule is C[C@@]1(O)[C@H](O)C(OP2(=O)OC[C@@H](c3ccccc3)[C@@H](c3ccccc3)O2)O[C@H]1n1ccc2c(N)ncnc21. The lowest BCUT2D eigenvalue weighted by molar-refractivity contribution is -0.146. The Kier molecular flexibility index (Phi) is 6.32. The normalized spacial score (nSPS) is 33.5. The Balaban J connectivity index is 1.28. The maximum absolute atomic E-state index is 13.8. The zero-order valence-corrected chi connectivity index (χ0v) is 21.3. The Morgan fingerprint density at radius 3 is 2.47 bits per heavy atom. The van der Waals surface area contributed by atoms with Crippen molar-refractivity contribution >= 4 is 24.7 Å². The van der Waals surface area contributed by atoms with E-state index >= 15 is 0 Å². The van der Waals surface area contributed by atoms with Crippen LogP contribution in [-0.2, 0) is 22.9 Å². The van der Waals surface area contributed by atoms with Crippen LogP contribution in [0.3, 0.4) is 0 Å². The van der Waals surface area contributed by atoms with Gasteiger partial charge in [-0.1, -0.05) is 60.7 Å². The summed E-state index contributed by atoms with van der Waals surface area (Å²) >= 11 is 0. The van der Waals surface area contributed by atoms with Gasteiger partial charge in [0.1, 0.15) is 35.6 Å². The van der Waals surface area contributed by atoms with Crippen LogP contribution in [0.15, 0.2) is 79.3 Å². The average molecular weight is 538 g/mol.